The fourth-order valence-corrected chi connectivity index (χ4v) is 1.34. The molecule has 0 unspecified atom stereocenters. The Morgan fingerprint density at radius 1 is 1.60 bits per heavy atom. The van der Waals surface area contributed by atoms with Crippen molar-refractivity contribution in [3.8, 4) is 11.4 Å². The van der Waals surface area contributed by atoms with E-state index in [0.29, 0.717) is 0 Å². The Morgan fingerprint density at radius 2 is 2.60 bits per heavy atom. The van der Waals surface area contributed by atoms with Gasteiger partial charge >= 0.3 is 0 Å². The number of imidazole rings is 1. The molecule has 2 aromatic rings. The highest BCUT2D eigenvalue weighted by molar-refractivity contribution is 7.07. The Morgan fingerprint density at radius 3 is 3.20 bits per heavy atom. The zero-order valence-electron chi connectivity index (χ0n) is 5.16. The van der Waals surface area contributed by atoms with Crippen molar-refractivity contribution in [3.63, 3.8) is 0 Å². The molecule has 2 rings (SSSR count). The second-order valence-electron chi connectivity index (χ2n) is 1.87. The molecule has 2 nitrogen and oxygen atoms in total. The van der Waals surface area contributed by atoms with Gasteiger partial charge in [0.1, 0.15) is 5.82 Å². The molecule has 0 aliphatic rings. The smallest absolute Gasteiger partial charge is 0.138 e. The van der Waals surface area contributed by atoms with E-state index in [0.717, 1.165) is 11.4 Å². The van der Waals surface area contributed by atoms with Crippen molar-refractivity contribution >= 4 is 11.3 Å². The first-order chi connectivity index (χ1) is 4.97. The van der Waals surface area contributed by atoms with Crippen LogP contribution in [0.25, 0.3) is 11.4 Å². The van der Waals surface area contributed by atoms with Crippen LogP contribution in [0.15, 0.2) is 23.8 Å². The van der Waals surface area contributed by atoms with Crippen molar-refractivity contribution < 1.29 is 0 Å². The average molecular weight is 149 g/mol. The van der Waals surface area contributed by atoms with E-state index >= 15 is 0 Å². The monoisotopic (exact) mass is 149 g/mol. The zero-order chi connectivity index (χ0) is 6.81. The van der Waals surface area contributed by atoms with Gasteiger partial charge in [0.25, 0.3) is 0 Å². The number of thiophene rings is 1. The zero-order valence-corrected chi connectivity index (χ0v) is 5.98. The van der Waals surface area contributed by atoms with E-state index < -0.39 is 0 Å². The molecule has 3 heteroatoms. The highest BCUT2D eigenvalue weighted by Gasteiger charge is 1.97. The molecule has 2 heterocycles. The largest absolute Gasteiger partial charge is 0.345 e. The van der Waals surface area contributed by atoms with Gasteiger partial charge in [0, 0.05) is 18.0 Å². The number of hydrogen-bond donors (Lipinski definition) is 1. The van der Waals surface area contributed by atoms with Crippen LogP contribution in [-0.2, 0) is 0 Å². The van der Waals surface area contributed by atoms with Crippen molar-refractivity contribution in [1.29, 1.82) is 0 Å². The van der Waals surface area contributed by atoms with Gasteiger partial charge in [-0.15, -0.1) is 11.3 Å². The number of nitrogens with one attached hydrogen (secondary N) is 1. The maximum atomic E-state index is 4.08. The summed E-state index contributed by atoms with van der Waals surface area (Å²) < 4.78 is 0. The lowest BCUT2D eigenvalue weighted by Gasteiger charge is -1.84. The summed E-state index contributed by atoms with van der Waals surface area (Å²) in [6.07, 6.45) is 3.54. The van der Waals surface area contributed by atoms with Crippen molar-refractivity contribution in [2.24, 2.45) is 0 Å². The molecule has 0 fully saturated rings. The topological polar surface area (TPSA) is 28.7 Å². The number of H-pyrrole nitrogens is 1. The molecule has 10 heavy (non-hydrogen) atoms. The molecule has 0 aromatic carbocycles. The fourth-order valence-electron chi connectivity index (χ4n) is 0.773. The Bertz CT molecular complexity index is 251. The first kappa shape index (κ1) is 5.68. The van der Waals surface area contributed by atoms with Gasteiger partial charge in [-0.3, -0.25) is 0 Å². The van der Waals surface area contributed by atoms with E-state index in [2.05, 4.69) is 15.3 Å². The second-order valence-corrected chi connectivity index (χ2v) is 2.59. The number of rotatable bonds is 1. The standard InChI is InChI=1S/C7H5N2S/c1-4-10-5-6(1)7-8-2-3-9-7/h1-4H,(H,8,9). The van der Waals surface area contributed by atoms with E-state index in [1.54, 1.807) is 23.7 Å². The number of aromatic nitrogens is 2. The molecule has 0 aliphatic heterocycles. The lowest BCUT2D eigenvalue weighted by atomic mass is 10.3. The molecule has 49 valence electrons. The summed E-state index contributed by atoms with van der Waals surface area (Å²) in [6, 6.07) is 1.99. The summed E-state index contributed by atoms with van der Waals surface area (Å²) in [5.74, 6) is 0.890. The molecule has 2 aromatic heterocycles. The summed E-state index contributed by atoms with van der Waals surface area (Å²) in [4.78, 5) is 7.08. The predicted octanol–water partition coefficient (Wildman–Crippen LogP) is 1.94. The summed E-state index contributed by atoms with van der Waals surface area (Å²) in [5.41, 5.74) is 1.04. The minimum atomic E-state index is 0.890. The van der Waals surface area contributed by atoms with Crippen LogP contribution in [-0.4, -0.2) is 9.97 Å². The first-order valence-electron chi connectivity index (χ1n) is 2.92. The van der Waals surface area contributed by atoms with Crippen molar-refractivity contribution in [1.82, 2.24) is 9.97 Å². The average Bonchev–Trinajstić information content (AvgIpc) is 2.59. The van der Waals surface area contributed by atoms with Crippen molar-refractivity contribution in [2.75, 3.05) is 0 Å². The molecule has 1 radical (unpaired) electrons. The lowest BCUT2D eigenvalue weighted by molar-refractivity contribution is 1.32. The van der Waals surface area contributed by atoms with Gasteiger partial charge in [0.15, 0.2) is 0 Å². The van der Waals surface area contributed by atoms with Gasteiger partial charge in [0.05, 0.1) is 5.38 Å². The molecular weight excluding hydrogens is 144 g/mol. The van der Waals surface area contributed by atoms with Crippen molar-refractivity contribution in [3.05, 3.63) is 29.2 Å². The quantitative estimate of drug-likeness (QED) is 0.659. The highest BCUT2D eigenvalue weighted by atomic mass is 32.1. The SMILES string of the molecule is [c]1sccc1-c1ncc[nH]1. The molecule has 0 atom stereocenters. The number of nitrogens with zero attached hydrogens (tertiary/aromatic N) is 1. The highest BCUT2D eigenvalue weighted by Crippen LogP contribution is 2.15. The van der Waals surface area contributed by atoms with Crippen LogP contribution in [0.3, 0.4) is 0 Å². The Kier molecular flexibility index (Phi) is 1.29. The Hall–Kier alpha value is -1.09. The molecular formula is C7H5N2S. The van der Waals surface area contributed by atoms with Gasteiger partial charge in [-0.25, -0.2) is 4.98 Å². The van der Waals surface area contributed by atoms with Crippen LogP contribution in [0.4, 0.5) is 0 Å². The normalized spacial score (nSPS) is 10.0. The van der Waals surface area contributed by atoms with Crippen molar-refractivity contribution in [2.45, 2.75) is 0 Å². The lowest BCUT2D eigenvalue weighted by Crippen LogP contribution is -1.73. The molecule has 0 amide bonds. The maximum Gasteiger partial charge on any atom is 0.138 e. The van der Waals surface area contributed by atoms with Gasteiger partial charge in [0.2, 0.25) is 0 Å². The van der Waals surface area contributed by atoms with Gasteiger partial charge in [-0.1, -0.05) is 0 Å². The summed E-state index contributed by atoms with van der Waals surface area (Å²) in [7, 11) is 0. The summed E-state index contributed by atoms with van der Waals surface area (Å²) in [5, 5.41) is 5.07. The molecule has 0 bridgehead atoms. The summed E-state index contributed by atoms with van der Waals surface area (Å²) >= 11 is 1.55. The minimum absolute atomic E-state index is 0.890. The first-order valence-corrected chi connectivity index (χ1v) is 3.80. The fraction of sp³-hybridized carbons (Fsp3) is 0. The third-order valence-corrected chi connectivity index (χ3v) is 1.83. The number of hydrogen-bond acceptors (Lipinski definition) is 2. The van der Waals surface area contributed by atoms with Crippen LogP contribution >= 0.6 is 11.3 Å². The molecule has 1 N–H and O–H groups in total. The predicted molar refractivity (Wildman–Crippen MR) is 40.7 cm³/mol. The molecule has 0 aliphatic carbocycles. The maximum absolute atomic E-state index is 4.08. The Labute approximate surface area is 62.6 Å². The molecule has 0 spiro atoms. The van der Waals surface area contributed by atoms with E-state index in [1.165, 1.54) is 0 Å². The van der Waals surface area contributed by atoms with Crippen LogP contribution in [0.5, 0.6) is 0 Å². The minimum Gasteiger partial charge on any atom is -0.345 e. The van der Waals surface area contributed by atoms with Gasteiger partial charge < -0.3 is 4.98 Å². The Balaban J connectivity index is 2.48. The van der Waals surface area contributed by atoms with E-state index in [-0.39, 0.29) is 0 Å². The van der Waals surface area contributed by atoms with Gasteiger partial charge in [-0.05, 0) is 11.4 Å². The summed E-state index contributed by atoms with van der Waals surface area (Å²) in [6.45, 7) is 0. The third-order valence-electron chi connectivity index (χ3n) is 1.22. The van der Waals surface area contributed by atoms with E-state index in [9.17, 15) is 0 Å². The van der Waals surface area contributed by atoms with Crippen LogP contribution < -0.4 is 0 Å². The van der Waals surface area contributed by atoms with Crippen LogP contribution in [0, 0.1) is 5.38 Å². The van der Waals surface area contributed by atoms with Crippen LogP contribution in [0.1, 0.15) is 0 Å². The van der Waals surface area contributed by atoms with Crippen LogP contribution in [0.2, 0.25) is 0 Å². The van der Waals surface area contributed by atoms with Gasteiger partial charge in [-0.2, -0.15) is 0 Å². The second kappa shape index (κ2) is 2.27. The third kappa shape index (κ3) is 0.844. The molecule has 0 saturated carbocycles. The van der Waals surface area contributed by atoms with E-state index in [4.69, 9.17) is 0 Å². The van der Waals surface area contributed by atoms with E-state index in [1.807, 2.05) is 11.4 Å². The number of aromatic amines is 1. The molecule has 0 saturated heterocycles.